The van der Waals surface area contributed by atoms with Crippen LogP contribution in [0.2, 0.25) is 0 Å². The Kier molecular flexibility index (Phi) is 6.02. The molecule has 0 saturated carbocycles. The van der Waals surface area contributed by atoms with Crippen LogP contribution in [0.25, 0.3) is 0 Å². The number of aromatic nitrogens is 2. The molecule has 0 aliphatic rings. The van der Waals surface area contributed by atoms with Gasteiger partial charge in [-0.05, 0) is 34.1 Å². The molecule has 17 heavy (non-hydrogen) atoms. The zero-order chi connectivity index (χ0) is 12.7. The Morgan fingerprint density at radius 3 is 2.59 bits per heavy atom. The van der Waals surface area contributed by atoms with E-state index in [-0.39, 0.29) is 5.54 Å². The fraction of sp³-hybridized carbons (Fsp3) is 0.833. The Morgan fingerprint density at radius 1 is 1.24 bits per heavy atom. The molecule has 0 aliphatic heterocycles. The molecular formula is C12H23N3OS. The van der Waals surface area contributed by atoms with Gasteiger partial charge in [-0.2, -0.15) is 0 Å². The largest absolute Gasteiger partial charge is 0.382 e. The van der Waals surface area contributed by atoms with E-state index in [4.69, 9.17) is 4.74 Å². The van der Waals surface area contributed by atoms with Gasteiger partial charge in [-0.3, -0.25) is 0 Å². The van der Waals surface area contributed by atoms with Crippen LogP contribution in [0.1, 0.15) is 44.1 Å². The molecule has 1 aromatic rings. The van der Waals surface area contributed by atoms with Crippen LogP contribution < -0.4 is 5.32 Å². The molecule has 0 radical (unpaired) electrons. The summed E-state index contributed by atoms with van der Waals surface area (Å²) in [4.78, 5) is 0. The van der Waals surface area contributed by atoms with Crippen molar-refractivity contribution in [3.8, 4) is 0 Å². The van der Waals surface area contributed by atoms with Gasteiger partial charge in [0.15, 0.2) is 0 Å². The quantitative estimate of drug-likeness (QED) is 0.762. The van der Waals surface area contributed by atoms with Crippen molar-refractivity contribution in [2.45, 2.75) is 52.6 Å². The summed E-state index contributed by atoms with van der Waals surface area (Å²) in [5.41, 5.74) is 0.126. The first-order chi connectivity index (χ1) is 8.01. The molecule has 0 amide bonds. The summed E-state index contributed by atoms with van der Waals surface area (Å²) in [6.07, 6.45) is 1.99. The van der Waals surface area contributed by atoms with Crippen LogP contribution in [-0.2, 0) is 17.7 Å². The molecule has 98 valence electrons. The third-order valence-electron chi connectivity index (χ3n) is 2.16. The van der Waals surface area contributed by atoms with Crippen molar-refractivity contribution in [3.63, 3.8) is 0 Å². The lowest BCUT2D eigenvalue weighted by molar-refractivity contribution is 0.145. The van der Waals surface area contributed by atoms with Crippen LogP contribution in [0.5, 0.6) is 0 Å². The topological polar surface area (TPSA) is 47.0 Å². The molecular weight excluding hydrogens is 234 g/mol. The molecule has 4 nitrogen and oxygen atoms in total. The van der Waals surface area contributed by atoms with Gasteiger partial charge in [0.25, 0.3) is 0 Å². The molecule has 5 heteroatoms. The second kappa shape index (κ2) is 7.03. The third kappa shape index (κ3) is 6.71. The predicted octanol–water partition coefficient (Wildman–Crippen LogP) is 2.40. The number of nitrogens with one attached hydrogen (secondary N) is 1. The summed E-state index contributed by atoms with van der Waals surface area (Å²) >= 11 is 1.69. The monoisotopic (exact) mass is 257 g/mol. The number of ether oxygens (including phenoxy) is 1. The molecule has 0 atom stereocenters. The molecule has 1 heterocycles. The first kappa shape index (κ1) is 14.5. The highest BCUT2D eigenvalue weighted by Gasteiger charge is 2.10. The van der Waals surface area contributed by atoms with Crippen LogP contribution in [-0.4, -0.2) is 29.0 Å². The second-order valence-corrected chi connectivity index (χ2v) is 6.14. The molecule has 0 fully saturated rings. The minimum Gasteiger partial charge on any atom is -0.382 e. The van der Waals surface area contributed by atoms with Crippen LogP contribution >= 0.6 is 11.3 Å². The number of rotatable bonds is 7. The van der Waals surface area contributed by atoms with Crippen LogP contribution in [0.4, 0.5) is 0 Å². The minimum atomic E-state index is 0.126. The third-order valence-corrected chi connectivity index (χ3v) is 3.15. The lowest BCUT2D eigenvalue weighted by atomic mass is 10.1. The van der Waals surface area contributed by atoms with E-state index in [1.165, 1.54) is 0 Å². The molecule has 1 rings (SSSR count). The Hall–Kier alpha value is -0.520. The number of hydrogen-bond donors (Lipinski definition) is 1. The normalized spacial score (nSPS) is 12.0. The van der Waals surface area contributed by atoms with Gasteiger partial charge in [0.05, 0.1) is 6.54 Å². The van der Waals surface area contributed by atoms with Crippen molar-refractivity contribution >= 4 is 11.3 Å². The maximum absolute atomic E-state index is 5.30. The van der Waals surface area contributed by atoms with Gasteiger partial charge >= 0.3 is 0 Å². The standard InChI is InChI=1S/C12H23N3OS/c1-5-16-8-6-7-10-14-15-11(17-10)9-13-12(2,3)4/h13H,5-9H2,1-4H3. The molecule has 0 bridgehead atoms. The lowest BCUT2D eigenvalue weighted by Gasteiger charge is -2.19. The zero-order valence-electron chi connectivity index (χ0n) is 11.2. The average Bonchev–Trinajstić information content (AvgIpc) is 2.69. The van der Waals surface area contributed by atoms with Crippen molar-refractivity contribution in [1.29, 1.82) is 0 Å². The molecule has 1 aromatic heterocycles. The SMILES string of the molecule is CCOCCCc1nnc(CNC(C)(C)C)s1. The second-order valence-electron chi connectivity index (χ2n) is 4.99. The summed E-state index contributed by atoms with van der Waals surface area (Å²) in [6.45, 7) is 10.9. The summed E-state index contributed by atoms with van der Waals surface area (Å²) in [6, 6.07) is 0. The molecule has 0 unspecified atom stereocenters. The predicted molar refractivity (Wildman–Crippen MR) is 71.3 cm³/mol. The number of nitrogens with zero attached hydrogens (tertiary/aromatic N) is 2. The van der Waals surface area contributed by atoms with Gasteiger partial charge < -0.3 is 10.1 Å². The molecule has 1 N–H and O–H groups in total. The summed E-state index contributed by atoms with van der Waals surface area (Å²) in [5, 5.41) is 14.0. The van der Waals surface area contributed by atoms with E-state index in [1.807, 2.05) is 6.92 Å². The highest BCUT2D eigenvalue weighted by molar-refractivity contribution is 7.11. The Balaban J connectivity index is 2.28. The van der Waals surface area contributed by atoms with Crippen molar-refractivity contribution in [1.82, 2.24) is 15.5 Å². The maximum Gasteiger partial charge on any atom is 0.131 e. The van der Waals surface area contributed by atoms with Gasteiger partial charge in [-0.15, -0.1) is 21.5 Å². The van der Waals surface area contributed by atoms with Crippen molar-refractivity contribution in [2.24, 2.45) is 0 Å². The fourth-order valence-electron chi connectivity index (χ4n) is 1.27. The molecule has 0 saturated heterocycles. The Bertz CT molecular complexity index is 320. The highest BCUT2D eigenvalue weighted by atomic mass is 32.1. The van der Waals surface area contributed by atoms with E-state index in [2.05, 4.69) is 36.3 Å². The van der Waals surface area contributed by atoms with Crippen molar-refractivity contribution < 1.29 is 4.74 Å². The summed E-state index contributed by atoms with van der Waals surface area (Å²) in [7, 11) is 0. The van der Waals surface area contributed by atoms with E-state index in [9.17, 15) is 0 Å². The van der Waals surface area contributed by atoms with E-state index in [0.29, 0.717) is 0 Å². The van der Waals surface area contributed by atoms with Gasteiger partial charge in [-0.25, -0.2) is 0 Å². The van der Waals surface area contributed by atoms with E-state index in [0.717, 1.165) is 42.6 Å². The molecule has 0 spiro atoms. The maximum atomic E-state index is 5.30. The molecule has 0 aliphatic carbocycles. The molecule has 0 aromatic carbocycles. The smallest absolute Gasteiger partial charge is 0.131 e. The van der Waals surface area contributed by atoms with E-state index < -0.39 is 0 Å². The number of aryl methyl sites for hydroxylation is 1. The average molecular weight is 257 g/mol. The van der Waals surface area contributed by atoms with Crippen molar-refractivity contribution in [3.05, 3.63) is 10.0 Å². The summed E-state index contributed by atoms with van der Waals surface area (Å²) < 4.78 is 5.30. The first-order valence-corrected chi connectivity index (χ1v) is 6.97. The van der Waals surface area contributed by atoms with Crippen LogP contribution in [0.15, 0.2) is 0 Å². The van der Waals surface area contributed by atoms with Crippen molar-refractivity contribution in [2.75, 3.05) is 13.2 Å². The van der Waals surface area contributed by atoms with Crippen LogP contribution in [0.3, 0.4) is 0 Å². The Morgan fingerprint density at radius 2 is 1.94 bits per heavy atom. The first-order valence-electron chi connectivity index (χ1n) is 6.15. The lowest BCUT2D eigenvalue weighted by Crippen LogP contribution is -2.35. The summed E-state index contributed by atoms with van der Waals surface area (Å²) in [5.74, 6) is 0. The fourth-order valence-corrected chi connectivity index (χ4v) is 2.10. The van der Waals surface area contributed by atoms with Gasteiger partial charge in [0, 0.05) is 25.2 Å². The van der Waals surface area contributed by atoms with Crippen LogP contribution in [0, 0.1) is 0 Å². The van der Waals surface area contributed by atoms with E-state index >= 15 is 0 Å². The van der Waals surface area contributed by atoms with E-state index in [1.54, 1.807) is 11.3 Å². The highest BCUT2D eigenvalue weighted by Crippen LogP contribution is 2.12. The minimum absolute atomic E-state index is 0.126. The number of hydrogen-bond acceptors (Lipinski definition) is 5. The Labute approximate surface area is 108 Å². The van der Waals surface area contributed by atoms with Gasteiger partial charge in [0.2, 0.25) is 0 Å². The van der Waals surface area contributed by atoms with Gasteiger partial charge in [0.1, 0.15) is 10.0 Å². The zero-order valence-corrected chi connectivity index (χ0v) is 12.1. The van der Waals surface area contributed by atoms with Gasteiger partial charge in [-0.1, -0.05) is 0 Å².